The maximum atomic E-state index is 5.58. The Labute approximate surface area is 98.1 Å². The van der Waals surface area contributed by atoms with Gasteiger partial charge in [-0.05, 0) is 32.2 Å². The van der Waals surface area contributed by atoms with Crippen molar-refractivity contribution in [3.8, 4) is 0 Å². The molecule has 2 aliphatic rings. The molecule has 0 spiro atoms. The second-order valence-corrected chi connectivity index (χ2v) is 4.83. The molecule has 3 unspecified atom stereocenters. The Morgan fingerprint density at radius 3 is 3.12 bits per heavy atom. The van der Waals surface area contributed by atoms with Crippen LogP contribution in [0.25, 0.3) is 0 Å². The van der Waals surface area contributed by atoms with Crippen molar-refractivity contribution in [2.45, 2.75) is 43.9 Å². The molecule has 0 saturated carbocycles. The fourth-order valence-electron chi connectivity index (χ4n) is 2.53. The van der Waals surface area contributed by atoms with Gasteiger partial charge >= 0.3 is 0 Å². The van der Waals surface area contributed by atoms with Crippen LogP contribution in [0, 0.1) is 0 Å². The van der Waals surface area contributed by atoms with Crippen LogP contribution in [0.15, 0.2) is 0 Å². The van der Waals surface area contributed by atoms with E-state index < -0.39 is 0 Å². The molecule has 94 valence electrons. The topological polar surface area (TPSA) is 42.5 Å². The van der Waals surface area contributed by atoms with Gasteiger partial charge in [0.15, 0.2) is 0 Å². The highest BCUT2D eigenvalue weighted by atomic mass is 16.5. The average Bonchev–Trinajstić information content (AvgIpc) is 2.95. The van der Waals surface area contributed by atoms with Crippen LogP contribution in [0.3, 0.4) is 0 Å². The molecule has 0 aromatic carbocycles. The van der Waals surface area contributed by atoms with Crippen LogP contribution in [0.5, 0.6) is 0 Å². The number of rotatable bonds is 6. The number of nitrogens with one attached hydrogen (secondary N) is 2. The van der Waals surface area contributed by atoms with Gasteiger partial charge in [-0.2, -0.15) is 0 Å². The first-order chi connectivity index (χ1) is 7.88. The number of hydrogen-bond acceptors (Lipinski definition) is 4. The summed E-state index contributed by atoms with van der Waals surface area (Å²) in [7, 11) is 1.79. The Hall–Kier alpha value is -0.160. The van der Waals surface area contributed by atoms with E-state index in [9.17, 15) is 0 Å². The number of hydrogen-bond donors (Lipinski definition) is 2. The summed E-state index contributed by atoms with van der Waals surface area (Å²) in [6.07, 6.45) is 5.68. The fraction of sp³-hybridized carbons (Fsp3) is 1.00. The smallest absolute Gasteiger partial charge is 0.0711 e. The molecule has 2 rings (SSSR count). The average molecular weight is 228 g/mol. The molecule has 2 aliphatic heterocycles. The van der Waals surface area contributed by atoms with E-state index in [4.69, 9.17) is 9.47 Å². The Morgan fingerprint density at radius 1 is 1.50 bits per heavy atom. The highest BCUT2D eigenvalue weighted by Crippen LogP contribution is 2.14. The molecule has 4 nitrogen and oxygen atoms in total. The van der Waals surface area contributed by atoms with Crippen molar-refractivity contribution in [2.75, 3.05) is 33.4 Å². The van der Waals surface area contributed by atoms with Gasteiger partial charge in [0.25, 0.3) is 0 Å². The first kappa shape index (κ1) is 12.3. The third-order valence-electron chi connectivity index (χ3n) is 3.57. The Kier molecular flexibility index (Phi) is 5.03. The quantitative estimate of drug-likeness (QED) is 0.651. The van der Waals surface area contributed by atoms with E-state index in [1.807, 2.05) is 0 Å². The van der Waals surface area contributed by atoms with Crippen LogP contribution >= 0.6 is 0 Å². The second-order valence-electron chi connectivity index (χ2n) is 4.83. The first-order valence-corrected chi connectivity index (χ1v) is 6.47. The van der Waals surface area contributed by atoms with Crippen molar-refractivity contribution >= 4 is 0 Å². The standard InChI is InChI=1S/C12H24N2O2/c1-15-12-7-10(14-9-12)8-13-5-4-11-3-2-6-16-11/h10-14H,2-9H2,1H3. The molecule has 0 aliphatic carbocycles. The SMILES string of the molecule is COC1CNC(CNCCC2CCCO2)C1. The summed E-state index contributed by atoms with van der Waals surface area (Å²) in [4.78, 5) is 0. The minimum atomic E-state index is 0.407. The molecule has 0 bridgehead atoms. The van der Waals surface area contributed by atoms with E-state index in [2.05, 4.69) is 10.6 Å². The highest BCUT2D eigenvalue weighted by molar-refractivity contribution is 4.83. The lowest BCUT2D eigenvalue weighted by atomic mass is 10.1. The predicted octanol–water partition coefficient (Wildman–Crippen LogP) is 0.522. The van der Waals surface area contributed by atoms with E-state index in [0.29, 0.717) is 18.2 Å². The molecule has 2 saturated heterocycles. The van der Waals surface area contributed by atoms with Crippen molar-refractivity contribution in [2.24, 2.45) is 0 Å². The zero-order valence-electron chi connectivity index (χ0n) is 10.2. The lowest BCUT2D eigenvalue weighted by molar-refractivity contribution is 0.104. The van der Waals surface area contributed by atoms with Gasteiger partial charge in [-0.15, -0.1) is 0 Å². The molecule has 0 aromatic rings. The Morgan fingerprint density at radius 2 is 2.44 bits per heavy atom. The lowest BCUT2D eigenvalue weighted by Gasteiger charge is -2.13. The zero-order chi connectivity index (χ0) is 11.2. The molecular weight excluding hydrogens is 204 g/mol. The molecule has 2 N–H and O–H groups in total. The molecule has 0 radical (unpaired) electrons. The third-order valence-corrected chi connectivity index (χ3v) is 3.57. The summed E-state index contributed by atoms with van der Waals surface area (Å²) in [5.41, 5.74) is 0. The molecule has 2 heterocycles. The minimum Gasteiger partial charge on any atom is -0.380 e. The van der Waals surface area contributed by atoms with Gasteiger partial charge in [0.2, 0.25) is 0 Å². The number of methoxy groups -OCH3 is 1. The van der Waals surface area contributed by atoms with Gasteiger partial charge in [-0.3, -0.25) is 0 Å². The molecule has 16 heavy (non-hydrogen) atoms. The molecule has 3 atom stereocenters. The molecule has 0 amide bonds. The monoisotopic (exact) mass is 228 g/mol. The van der Waals surface area contributed by atoms with Crippen LogP contribution in [0.4, 0.5) is 0 Å². The maximum absolute atomic E-state index is 5.58. The third kappa shape index (κ3) is 3.70. The number of ether oxygens (including phenoxy) is 2. The van der Waals surface area contributed by atoms with Crippen molar-refractivity contribution < 1.29 is 9.47 Å². The van der Waals surface area contributed by atoms with Crippen molar-refractivity contribution in [3.05, 3.63) is 0 Å². The van der Waals surface area contributed by atoms with Crippen molar-refractivity contribution in [3.63, 3.8) is 0 Å². The molecule has 2 fully saturated rings. The summed E-state index contributed by atoms with van der Waals surface area (Å²) < 4.78 is 10.9. The van der Waals surface area contributed by atoms with E-state index in [0.717, 1.165) is 39.1 Å². The van der Waals surface area contributed by atoms with Gasteiger partial charge in [-0.1, -0.05) is 0 Å². The molecule has 0 aromatic heterocycles. The van der Waals surface area contributed by atoms with Gasteiger partial charge in [0.1, 0.15) is 0 Å². The first-order valence-electron chi connectivity index (χ1n) is 6.47. The van der Waals surface area contributed by atoms with Crippen molar-refractivity contribution in [1.29, 1.82) is 0 Å². The predicted molar refractivity (Wildman–Crippen MR) is 63.7 cm³/mol. The van der Waals surface area contributed by atoms with Crippen LogP contribution in [0.2, 0.25) is 0 Å². The maximum Gasteiger partial charge on any atom is 0.0711 e. The van der Waals surface area contributed by atoms with Crippen LogP contribution in [-0.4, -0.2) is 51.6 Å². The Bertz CT molecular complexity index is 195. The Balaban J connectivity index is 1.48. The van der Waals surface area contributed by atoms with Crippen molar-refractivity contribution in [1.82, 2.24) is 10.6 Å². The van der Waals surface area contributed by atoms with Gasteiger partial charge in [0, 0.05) is 32.8 Å². The summed E-state index contributed by atoms with van der Waals surface area (Å²) in [5.74, 6) is 0. The lowest BCUT2D eigenvalue weighted by Crippen LogP contribution is -2.35. The zero-order valence-corrected chi connectivity index (χ0v) is 10.2. The van der Waals surface area contributed by atoms with Gasteiger partial charge < -0.3 is 20.1 Å². The van der Waals surface area contributed by atoms with E-state index in [1.54, 1.807) is 7.11 Å². The van der Waals surface area contributed by atoms with Gasteiger partial charge in [0.05, 0.1) is 12.2 Å². The van der Waals surface area contributed by atoms with E-state index in [1.165, 1.54) is 12.8 Å². The fourth-order valence-corrected chi connectivity index (χ4v) is 2.53. The summed E-state index contributed by atoms with van der Waals surface area (Å²) in [6.45, 7) is 4.08. The van der Waals surface area contributed by atoms with E-state index >= 15 is 0 Å². The largest absolute Gasteiger partial charge is 0.380 e. The highest BCUT2D eigenvalue weighted by Gasteiger charge is 2.23. The summed E-state index contributed by atoms with van der Waals surface area (Å²) in [6, 6.07) is 0.578. The summed E-state index contributed by atoms with van der Waals surface area (Å²) >= 11 is 0. The van der Waals surface area contributed by atoms with E-state index in [-0.39, 0.29) is 0 Å². The molecular formula is C12H24N2O2. The van der Waals surface area contributed by atoms with Crippen LogP contribution in [-0.2, 0) is 9.47 Å². The molecule has 4 heteroatoms. The van der Waals surface area contributed by atoms with Gasteiger partial charge in [-0.25, -0.2) is 0 Å². The normalized spacial score (nSPS) is 34.7. The van der Waals surface area contributed by atoms with Crippen LogP contribution in [0.1, 0.15) is 25.7 Å². The second kappa shape index (κ2) is 6.55. The van der Waals surface area contributed by atoms with Crippen LogP contribution < -0.4 is 10.6 Å². The minimum absolute atomic E-state index is 0.407. The summed E-state index contributed by atoms with van der Waals surface area (Å²) in [5, 5.41) is 6.97.